The molecule has 0 aliphatic rings. The third kappa shape index (κ3) is 8.41. The molecule has 0 bridgehead atoms. The van der Waals surface area contributed by atoms with E-state index < -0.39 is 0 Å². The van der Waals surface area contributed by atoms with Gasteiger partial charge < -0.3 is 4.90 Å². The Morgan fingerprint density at radius 3 is 2.25 bits per heavy atom. The molecule has 0 aliphatic heterocycles. The summed E-state index contributed by atoms with van der Waals surface area (Å²) in [7, 11) is 2.20. The van der Waals surface area contributed by atoms with E-state index in [1.807, 2.05) is 0 Å². The van der Waals surface area contributed by atoms with Crippen molar-refractivity contribution >= 4 is 12.6 Å². The highest BCUT2D eigenvalue weighted by Crippen LogP contribution is 2.04. The van der Waals surface area contributed by atoms with E-state index in [2.05, 4.69) is 38.4 Å². The molecule has 0 spiro atoms. The van der Waals surface area contributed by atoms with Gasteiger partial charge in [0.2, 0.25) is 0 Å². The van der Waals surface area contributed by atoms with Gasteiger partial charge in [0.15, 0.2) is 0 Å². The lowest BCUT2D eigenvalue weighted by Gasteiger charge is -2.16. The highest BCUT2D eigenvalue weighted by Gasteiger charge is 1.98. The molecule has 0 rings (SSSR count). The Kier molecular flexibility index (Phi) is 8.14. The lowest BCUT2D eigenvalue weighted by Crippen LogP contribution is -2.21. The molecule has 0 amide bonds. The minimum absolute atomic E-state index is 0.850. The van der Waals surface area contributed by atoms with Crippen LogP contribution in [0.1, 0.15) is 33.1 Å². The second kappa shape index (κ2) is 7.93. The average molecular weight is 189 g/mol. The van der Waals surface area contributed by atoms with Crippen molar-refractivity contribution in [1.82, 2.24) is 4.90 Å². The van der Waals surface area contributed by atoms with Crippen LogP contribution in [-0.4, -0.2) is 30.8 Å². The molecule has 0 atom stereocenters. The first-order chi connectivity index (χ1) is 5.66. The normalized spacial score (nSPS) is 11.5. The van der Waals surface area contributed by atoms with Gasteiger partial charge in [-0.05, 0) is 51.1 Å². The van der Waals surface area contributed by atoms with Crippen LogP contribution in [0, 0.1) is 5.92 Å². The average Bonchev–Trinajstić information content (AvgIpc) is 2.00. The van der Waals surface area contributed by atoms with Crippen LogP contribution in [0.4, 0.5) is 0 Å². The van der Waals surface area contributed by atoms with Crippen LogP contribution < -0.4 is 0 Å². The third-order valence-corrected chi connectivity index (χ3v) is 2.34. The Bertz CT molecular complexity index is 93.8. The minimum atomic E-state index is 0.850. The van der Waals surface area contributed by atoms with E-state index in [1.54, 1.807) is 0 Å². The molecule has 0 aliphatic carbocycles. The van der Waals surface area contributed by atoms with Crippen LogP contribution in [0.2, 0.25) is 0 Å². The molecule has 0 unspecified atom stereocenters. The molecule has 12 heavy (non-hydrogen) atoms. The quantitative estimate of drug-likeness (QED) is 0.603. The Morgan fingerprint density at radius 2 is 1.75 bits per heavy atom. The fraction of sp³-hybridized carbons (Fsp3) is 1.00. The zero-order valence-corrected chi connectivity index (χ0v) is 9.61. The van der Waals surface area contributed by atoms with E-state index in [9.17, 15) is 0 Å². The molecule has 1 nitrogen and oxygen atoms in total. The van der Waals surface area contributed by atoms with Crippen molar-refractivity contribution < 1.29 is 0 Å². The molecule has 0 saturated carbocycles. The van der Waals surface area contributed by atoms with Crippen molar-refractivity contribution in [2.24, 2.45) is 5.92 Å². The van der Waals surface area contributed by atoms with Crippen molar-refractivity contribution in [3.63, 3.8) is 0 Å². The smallest absolute Gasteiger partial charge is 0.00140 e. The maximum absolute atomic E-state index is 4.19. The molecule has 0 radical (unpaired) electrons. The van der Waals surface area contributed by atoms with Gasteiger partial charge in [-0.25, -0.2) is 0 Å². The monoisotopic (exact) mass is 189 g/mol. The predicted octanol–water partition coefficient (Wildman–Crippen LogP) is 2.67. The van der Waals surface area contributed by atoms with Gasteiger partial charge in [0.05, 0.1) is 0 Å². The standard InChI is InChI=1S/C10H23NS/c1-10(2)6-4-7-11(3)8-5-9-12/h10,12H,4-9H2,1-3H3. The van der Waals surface area contributed by atoms with Gasteiger partial charge in [0, 0.05) is 0 Å². The van der Waals surface area contributed by atoms with Crippen molar-refractivity contribution in [3.05, 3.63) is 0 Å². The summed E-state index contributed by atoms with van der Waals surface area (Å²) in [5.41, 5.74) is 0. The number of thiol groups is 1. The van der Waals surface area contributed by atoms with Gasteiger partial charge in [-0.15, -0.1) is 0 Å². The minimum Gasteiger partial charge on any atom is -0.306 e. The van der Waals surface area contributed by atoms with E-state index in [-0.39, 0.29) is 0 Å². The van der Waals surface area contributed by atoms with Gasteiger partial charge in [-0.3, -0.25) is 0 Å². The summed E-state index contributed by atoms with van der Waals surface area (Å²) < 4.78 is 0. The first-order valence-corrected chi connectivity index (χ1v) is 5.59. The fourth-order valence-electron chi connectivity index (χ4n) is 1.22. The molecule has 0 heterocycles. The molecule has 0 aromatic rings. The first kappa shape index (κ1) is 12.3. The van der Waals surface area contributed by atoms with Gasteiger partial charge in [0.1, 0.15) is 0 Å². The van der Waals surface area contributed by atoms with E-state index >= 15 is 0 Å². The number of rotatable bonds is 7. The predicted molar refractivity (Wildman–Crippen MR) is 60.0 cm³/mol. The third-order valence-electron chi connectivity index (χ3n) is 2.02. The van der Waals surface area contributed by atoms with Crippen LogP contribution in [0.3, 0.4) is 0 Å². The maximum Gasteiger partial charge on any atom is -0.00140 e. The molecule has 0 aromatic heterocycles. The molecule has 74 valence electrons. The highest BCUT2D eigenvalue weighted by atomic mass is 32.1. The highest BCUT2D eigenvalue weighted by molar-refractivity contribution is 7.80. The van der Waals surface area contributed by atoms with Crippen molar-refractivity contribution in [1.29, 1.82) is 0 Å². The lowest BCUT2D eigenvalue weighted by molar-refractivity contribution is 0.319. The van der Waals surface area contributed by atoms with Crippen molar-refractivity contribution in [2.45, 2.75) is 33.1 Å². The Labute approximate surface area is 82.9 Å². The number of nitrogens with zero attached hydrogens (tertiary/aromatic N) is 1. The molecule has 0 aromatic carbocycles. The molecule has 0 fully saturated rings. The topological polar surface area (TPSA) is 3.24 Å². The summed E-state index contributed by atoms with van der Waals surface area (Å²) in [6, 6.07) is 0. The molecule has 2 heteroatoms. The summed E-state index contributed by atoms with van der Waals surface area (Å²) in [4.78, 5) is 2.40. The number of hydrogen-bond acceptors (Lipinski definition) is 2. The van der Waals surface area contributed by atoms with Crippen LogP contribution >= 0.6 is 12.6 Å². The van der Waals surface area contributed by atoms with Crippen LogP contribution in [-0.2, 0) is 0 Å². The fourth-order valence-corrected chi connectivity index (χ4v) is 1.36. The molecular formula is C10H23NS. The first-order valence-electron chi connectivity index (χ1n) is 4.96. The van der Waals surface area contributed by atoms with Crippen LogP contribution in [0.5, 0.6) is 0 Å². The SMILES string of the molecule is CC(C)CCCN(C)CCCS. The summed E-state index contributed by atoms with van der Waals surface area (Å²) in [6.45, 7) is 7.01. The van der Waals surface area contributed by atoms with E-state index in [0.717, 1.165) is 11.7 Å². The second-order valence-electron chi connectivity index (χ2n) is 3.92. The molecule has 0 N–H and O–H groups in total. The molecule has 0 saturated heterocycles. The van der Waals surface area contributed by atoms with E-state index in [1.165, 1.54) is 32.4 Å². The second-order valence-corrected chi connectivity index (χ2v) is 4.36. The zero-order valence-electron chi connectivity index (χ0n) is 8.71. The van der Waals surface area contributed by atoms with Crippen molar-refractivity contribution in [2.75, 3.05) is 25.9 Å². The summed E-state index contributed by atoms with van der Waals surface area (Å²) in [6.07, 6.45) is 3.90. The zero-order chi connectivity index (χ0) is 9.40. The number of hydrogen-bond donors (Lipinski definition) is 1. The molecular weight excluding hydrogens is 166 g/mol. The Balaban J connectivity index is 3.13. The summed E-state index contributed by atoms with van der Waals surface area (Å²) in [5.74, 6) is 1.86. The van der Waals surface area contributed by atoms with E-state index in [0.29, 0.717) is 0 Å². The maximum atomic E-state index is 4.19. The summed E-state index contributed by atoms with van der Waals surface area (Å²) in [5, 5.41) is 0. The summed E-state index contributed by atoms with van der Waals surface area (Å²) >= 11 is 4.19. The van der Waals surface area contributed by atoms with Crippen molar-refractivity contribution in [3.8, 4) is 0 Å². The van der Waals surface area contributed by atoms with Gasteiger partial charge in [-0.2, -0.15) is 12.6 Å². The van der Waals surface area contributed by atoms with Crippen LogP contribution in [0.25, 0.3) is 0 Å². The largest absolute Gasteiger partial charge is 0.306 e. The van der Waals surface area contributed by atoms with Crippen LogP contribution in [0.15, 0.2) is 0 Å². The Hall–Kier alpha value is 0.310. The van der Waals surface area contributed by atoms with Gasteiger partial charge in [0.25, 0.3) is 0 Å². The Morgan fingerprint density at radius 1 is 1.17 bits per heavy atom. The lowest BCUT2D eigenvalue weighted by atomic mass is 10.1. The van der Waals surface area contributed by atoms with Gasteiger partial charge in [-0.1, -0.05) is 13.8 Å². The van der Waals surface area contributed by atoms with Gasteiger partial charge >= 0.3 is 0 Å². The van der Waals surface area contributed by atoms with E-state index in [4.69, 9.17) is 0 Å².